The van der Waals surface area contributed by atoms with Gasteiger partial charge >= 0.3 is 5.97 Å². The molecule has 3 unspecified atom stereocenters. The van der Waals surface area contributed by atoms with E-state index in [9.17, 15) is 9.18 Å². The smallest absolute Gasteiger partial charge is 0.305 e. The highest BCUT2D eigenvalue weighted by molar-refractivity contribution is 5.69. The Kier molecular flexibility index (Phi) is 8.67. The molecular weight excluding hydrogens is 319 g/mol. The molecule has 3 atom stereocenters. The van der Waals surface area contributed by atoms with Crippen LogP contribution < -0.4 is 4.74 Å². The molecular formula is C21H31FO3. The molecule has 0 radical (unpaired) electrons. The third-order valence-corrected chi connectivity index (χ3v) is 4.51. The lowest BCUT2D eigenvalue weighted by Crippen LogP contribution is -2.24. The zero-order valence-electron chi connectivity index (χ0n) is 15.9. The molecule has 140 valence electrons. The second-order valence-corrected chi connectivity index (χ2v) is 6.92. The van der Waals surface area contributed by atoms with Gasteiger partial charge in [-0.2, -0.15) is 0 Å². The topological polar surface area (TPSA) is 35.5 Å². The largest absolute Gasteiger partial charge is 0.490 e. The van der Waals surface area contributed by atoms with Crippen molar-refractivity contribution in [1.29, 1.82) is 0 Å². The lowest BCUT2D eigenvalue weighted by Gasteiger charge is -2.20. The Morgan fingerprint density at radius 3 is 2.48 bits per heavy atom. The molecule has 0 bridgehead atoms. The van der Waals surface area contributed by atoms with E-state index in [0.29, 0.717) is 30.6 Å². The normalized spacial score (nSPS) is 15.7. The molecule has 0 saturated heterocycles. The van der Waals surface area contributed by atoms with E-state index in [1.165, 1.54) is 18.6 Å². The van der Waals surface area contributed by atoms with Crippen LogP contribution in [0.3, 0.4) is 0 Å². The first-order valence-corrected chi connectivity index (χ1v) is 8.97. The first kappa shape index (κ1) is 21.2. The summed E-state index contributed by atoms with van der Waals surface area (Å²) in [6.45, 7) is 11.5. The van der Waals surface area contributed by atoms with Crippen molar-refractivity contribution in [3.63, 3.8) is 0 Å². The minimum atomic E-state index is -1.53. The molecule has 4 heteroatoms. The van der Waals surface area contributed by atoms with Gasteiger partial charge in [0.05, 0.1) is 6.61 Å². The summed E-state index contributed by atoms with van der Waals surface area (Å²) in [5.41, 5.74) is -0.323. The minimum absolute atomic E-state index is 0.0445. The van der Waals surface area contributed by atoms with Gasteiger partial charge in [-0.05, 0) is 56.2 Å². The summed E-state index contributed by atoms with van der Waals surface area (Å²) < 4.78 is 24.2. The third-order valence-electron chi connectivity index (χ3n) is 4.51. The molecule has 1 aromatic carbocycles. The van der Waals surface area contributed by atoms with E-state index in [4.69, 9.17) is 9.47 Å². The SMILES string of the molecule is C=CC(C)(F)COc1ccc(CC(C)C(C)CCC(=O)OCC)cc1. The molecule has 0 amide bonds. The predicted octanol–water partition coefficient (Wildman–Crippen LogP) is 5.14. The monoisotopic (exact) mass is 350 g/mol. The summed E-state index contributed by atoms with van der Waals surface area (Å²) in [7, 11) is 0. The van der Waals surface area contributed by atoms with E-state index in [0.717, 1.165) is 12.8 Å². The molecule has 0 N–H and O–H groups in total. The molecule has 0 heterocycles. The molecule has 0 spiro atoms. The van der Waals surface area contributed by atoms with Crippen molar-refractivity contribution in [3.05, 3.63) is 42.5 Å². The van der Waals surface area contributed by atoms with Gasteiger partial charge in [-0.1, -0.05) is 38.6 Å². The van der Waals surface area contributed by atoms with Crippen molar-refractivity contribution in [2.24, 2.45) is 11.8 Å². The van der Waals surface area contributed by atoms with Crippen molar-refractivity contribution < 1.29 is 18.7 Å². The predicted molar refractivity (Wildman–Crippen MR) is 99.5 cm³/mol. The summed E-state index contributed by atoms with van der Waals surface area (Å²) in [6.07, 6.45) is 3.48. The van der Waals surface area contributed by atoms with Crippen molar-refractivity contribution in [1.82, 2.24) is 0 Å². The first-order chi connectivity index (χ1) is 11.8. The summed E-state index contributed by atoms with van der Waals surface area (Å²) in [6, 6.07) is 7.75. The number of ether oxygens (including phenoxy) is 2. The summed E-state index contributed by atoms with van der Waals surface area (Å²) in [5.74, 6) is 1.41. The van der Waals surface area contributed by atoms with Crippen LogP contribution in [0.5, 0.6) is 5.75 Å². The van der Waals surface area contributed by atoms with Crippen LogP contribution in [-0.2, 0) is 16.0 Å². The molecule has 1 aromatic rings. The van der Waals surface area contributed by atoms with Gasteiger partial charge in [0.15, 0.2) is 5.67 Å². The molecule has 25 heavy (non-hydrogen) atoms. The van der Waals surface area contributed by atoms with Gasteiger partial charge in [0, 0.05) is 6.42 Å². The number of hydrogen-bond acceptors (Lipinski definition) is 3. The van der Waals surface area contributed by atoms with Gasteiger partial charge in [-0.3, -0.25) is 4.79 Å². The molecule has 0 aromatic heterocycles. The van der Waals surface area contributed by atoms with Gasteiger partial charge in [-0.25, -0.2) is 4.39 Å². The maximum absolute atomic E-state index is 13.7. The fraction of sp³-hybridized carbons (Fsp3) is 0.571. The first-order valence-electron chi connectivity index (χ1n) is 8.97. The standard InChI is InChI=1S/C21H31FO3/c1-6-21(5,22)15-25-19-11-9-18(10-12-19)14-17(4)16(3)8-13-20(23)24-7-2/h6,9-12,16-17H,1,7-8,13-15H2,2-5H3. The third kappa shape index (κ3) is 8.19. The molecule has 0 fully saturated rings. The maximum Gasteiger partial charge on any atom is 0.305 e. The molecule has 1 rings (SSSR count). The summed E-state index contributed by atoms with van der Waals surface area (Å²) >= 11 is 0. The van der Waals surface area contributed by atoms with Crippen LogP contribution in [-0.4, -0.2) is 24.9 Å². The van der Waals surface area contributed by atoms with Crippen LogP contribution in [0.25, 0.3) is 0 Å². The van der Waals surface area contributed by atoms with E-state index in [1.807, 2.05) is 31.2 Å². The number of alkyl halides is 1. The Labute approximate surface area is 151 Å². The van der Waals surface area contributed by atoms with Gasteiger partial charge in [-0.15, -0.1) is 0 Å². The average Bonchev–Trinajstić information content (AvgIpc) is 2.59. The van der Waals surface area contributed by atoms with Crippen molar-refractivity contribution in [2.45, 2.75) is 52.6 Å². The highest BCUT2D eigenvalue weighted by Gasteiger charge is 2.19. The summed E-state index contributed by atoms with van der Waals surface area (Å²) in [4.78, 5) is 11.5. The molecule has 0 saturated carbocycles. The molecule has 0 aliphatic heterocycles. The number of carbonyl (C=O) groups is 1. The van der Waals surface area contributed by atoms with Crippen LogP contribution in [0.1, 0.15) is 46.1 Å². The maximum atomic E-state index is 13.7. The van der Waals surface area contributed by atoms with Gasteiger partial charge in [0.25, 0.3) is 0 Å². The number of carbonyl (C=O) groups excluding carboxylic acids is 1. The highest BCUT2D eigenvalue weighted by atomic mass is 19.1. The molecule has 3 nitrogen and oxygen atoms in total. The minimum Gasteiger partial charge on any atom is -0.490 e. The Bertz CT molecular complexity index is 537. The van der Waals surface area contributed by atoms with Gasteiger partial charge in [0.1, 0.15) is 12.4 Å². The van der Waals surface area contributed by atoms with E-state index < -0.39 is 5.67 Å². The van der Waals surface area contributed by atoms with Crippen LogP contribution >= 0.6 is 0 Å². The van der Waals surface area contributed by atoms with Gasteiger partial charge in [0.2, 0.25) is 0 Å². The quantitative estimate of drug-likeness (QED) is 0.409. The Morgan fingerprint density at radius 2 is 1.92 bits per heavy atom. The fourth-order valence-electron chi connectivity index (χ4n) is 2.44. The lowest BCUT2D eigenvalue weighted by molar-refractivity contribution is -0.143. The van der Waals surface area contributed by atoms with Crippen molar-refractivity contribution in [2.75, 3.05) is 13.2 Å². The zero-order chi connectivity index (χ0) is 18.9. The highest BCUT2D eigenvalue weighted by Crippen LogP contribution is 2.23. The molecule has 0 aliphatic carbocycles. The van der Waals surface area contributed by atoms with Crippen LogP contribution in [0.15, 0.2) is 36.9 Å². The van der Waals surface area contributed by atoms with E-state index in [1.54, 1.807) is 0 Å². The second-order valence-electron chi connectivity index (χ2n) is 6.92. The number of esters is 1. The van der Waals surface area contributed by atoms with E-state index in [-0.39, 0.29) is 12.6 Å². The van der Waals surface area contributed by atoms with Crippen LogP contribution in [0.2, 0.25) is 0 Å². The summed E-state index contributed by atoms with van der Waals surface area (Å²) in [5, 5.41) is 0. The number of rotatable bonds is 11. The Morgan fingerprint density at radius 1 is 1.28 bits per heavy atom. The van der Waals surface area contributed by atoms with Crippen LogP contribution in [0.4, 0.5) is 4.39 Å². The average molecular weight is 350 g/mol. The number of halogens is 1. The van der Waals surface area contributed by atoms with Crippen molar-refractivity contribution in [3.8, 4) is 5.75 Å². The van der Waals surface area contributed by atoms with Gasteiger partial charge < -0.3 is 9.47 Å². The fourth-order valence-corrected chi connectivity index (χ4v) is 2.44. The Balaban J connectivity index is 2.45. The number of benzene rings is 1. The lowest BCUT2D eigenvalue weighted by atomic mass is 9.86. The van der Waals surface area contributed by atoms with Crippen LogP contribution in [0, 0.1) is 11.8 Å². The zero-order valence-corrected chi connectivity index (χ0v) is 15.9. The molecule has 0 aliphatic rings. The van der Waals surface area contributed by atoms with Crippen molar-refractivity contribution >= 4 is 5.97 Å². The van der Waals surface area contributed by atoms with E-state index in [2.05, 4.69) is 20.4 Å². The van der Waals surface area contributed by atoms with E-state index >= 15 is 0 Å². The second kappa shape index (κ2) is 10.2. The number of hydrogen-bond donors (Lipinski definition) is 0. The Hall–Kier alpha value is -1.84.